The van der Waals surface area contributed by atoms with E-state index in [1.54, 1.807) is 12.4 Å². The van der Waals surface area contributed by atoms with Crippen LogP contribution in [-0.2, 0) is 4.74 Å². The number of nitrogens with zero attached hydrogens (tertiary/aromatic N) is 1. The molecule has 0 atom stereocenters. The third-order valence-corrected chi connectivity index (χ3v) is 2.31. The molecule has 6 heteroatoms. The second kappa shape index (κ2) is 4.79. The largest absolute Gasteiger partial charge is 0.381 e. The number of ether oxygens (including phenoxy) is 1. The monoisotopic (exact) mass is 210 g/mol. The van der Waals surface area contributed by atoms with E-state index in [2.05, 4.69) is 20.8 Å². The van der Waals surface area contributed by atoms with Crippen molar-refractivity contribution in [2.24, 2.45) is 0 Å². The number of carbonyl (C=O) groups is 1. The number of hydrogen-bond donors (Lipinski definition) is 3. The van der Waals surface area contributed by atoms with Crippen LogP contribution in [0.4, 0.5) is 10.5 Å². The van der Waals surface area contributed by atoms with Gasteiger partial charge in [-0.1, -0.05) is 0 Å². The maximum Gasteiger partial charge on any atom is 0.319 e. The Kier molecular flexibility index (Phi) is 3.18. The number of anilines is 1. The van der Waals surface area contributed by atoms with Crippen molar-refractivity contribution in [1.82, 2.24) is 15.5 Å². The summed E-state index contributed by atoms with van der Waals surface area (Å²) in [5.41, 5.74) is 0.666. The van der Waals surface area contributed by atoms with E-state index in [0.717, 1.165) is 26.1 Å². The minimum Gasteiger partial charge on any atom is -0.381 e. The minimum absolute atomic E-state index is 0.191. The zero-order chi connectivity index (χ0) is 10.5. The molecule has 0 aromatic carbocycles. The lowest BCUT2D eigenvalue weighted by atomic mass is 10.1. The van der Waals surface area contributed by atoms with E-state index >= 15 is 0 Å². The number of hydrogen-bond acceptors (Lipinski definition) is 3. The highest BCUT2D eigenvalue weighted by Gasteiger charge is 2.15. The number of aromatic amines is 1. The molecule has 6 nitrogen and oxygen atoms in total. The van der Waals surface area contributed by atoms with Crippen molar-refractivity contribution in [3.8, 4) is 0 Å². The summed E-state index contributed by atoms with van der Waals surface area (Å²) in [5, 5.41) is 11.9. The first-order valence-electron chi connectivity index (χ1n) is 4.98. The van der Waals surface area contributed by atoms with Crippen LogP contribution >= 0.6 is 0 Å². The maximum atomic E-state index is 11.5. The molecule has 1 aliphatic heterocycles. The molecule has 1 fully saturated rings. The summed E-state index contributed by atoms with van der Waals surface area (Å²) in [6, 6.07) is 0.0222. The molecule has 82 valence electrons. The molecule has 0 unspecified atom stereocenters. The summed E-state index contributed by atoms with van der Waals surface area (Å²) in [6.45, 7) is 1.44. The van der Waals surface area contributed by atoms with Gasteiger partial charge in [0.1, 0.15) is 0 Å². The Balaban J connectivity index is 1.76. The van der Waals surface area contributed by atoms with Crippen LogP contribution < -0.4 is 10.6 Å². The summed E-state index contributed by atoms with van der Waals surface area (Å²) in [5.74, 6) is 0. The zero-order valence-corrected chi connectivity index (χ0v) is 8.32. The summed E-state index contributed by atoms with van der Waals surface area (Å²) in [7, 11) is 0. The van der Waals surface area contributed by atoms with Crippen LogP contribution in [0.25, 0.3) is 0 Å². The molecule has 3 N–H and O–H groups in total. The zero-order valence-electron chi connectivity index (χ0n) is 8.32. The van der Waals surface area contributed by atoms with Crippen LogP contribution in [0.15, 0.2) is 12.4 Å². The highest BCUT2D eigenvalue weighted by Crippen LogP contribution is 2.07. The third kappa shape index (κ3) is 2.95. The number of H-pyrrole nitrogens is 1. The SMILES string of the molecule is O=C(Nc1cn[nH]c1)NC1CCOCC1. The molecular formula is C9H14N4O2. The van der Waals surface area contributed by atoms with Gasteiger partial charge in [-0.3, -0.25) is 5.10 Å². The van der Waals surface area contributed by atoms with Gasteiger partial charge in [0.15, 0.2) is 0 Å². The maximum absolute atomic E-state index is 11.5. The predicted molar refractivity (Wildman–Crippen MR) is 54.6 cm³/mol. The van der Waals surface area contributed by atoms with Crippen molar-refractivity contribution in [1.29, 1.82) is 0 Å². The van der Waals surface area contributed by atoms with Gasteiger partial charge in [0, 0.05) is 25.5 Å². The van der Waals surface area contributed by atoms with Gasteiger partial charge in [0.25, 0.3) is 0 Å². The van der Waals surface area contributed by atoms with Gasteiger partial charge in [-0.25, -0.2) is 4.79 Å². The Labute approximate surface area is 87.4 Å². The fraction of sp³-hybridized carbons (Fsp3) is 0.556. The Hall–Kier alpha value is -1.56. The molecule has 0 radical (unpaired) electrons. The standard InChI is InChI=1S/C9H14N4O2/c14-9(13-8-5-10-11-6-8)12-7-1-3-15-4-2-7/h5-7H,1-4H2,(H,10,11)(H2,12,13,14). The summed E-state index contributed by atoms with van der Waals surface area (Å²) in [6.07, 6.45) is 4.94. The van der Waals surface area contributed by atoms with Gasteiger partial charge in [0.2, 0.25) is 0 Å². The van der Waals surface area contributed by atoms with Crippen LogP contribution in [0.3, 0.4) is 0 Å². The van der Waals surface area contributed by atoms with Crippen LogP contribution in [-0.4, -0.2) is 35.5 Å². The molecule has 15 heavy (non-hydrogen) atoms. The molecule has 0 spiro atoms. The normalized spacial score (nSPS) is 17.3. The molecule has 1 aliphatic rings. The van der Waals surface area contributed by atoms with E-state index in [4.69, 9.17) is 4.74 Å². The van der Waals surface area contributed by atoms with Gasteiger partial charge in [0.05, 0.1) is 11.9 Å². The molecule has 2 amide bonds. The Morgan fingerprint density at radius 3 is 3.00 bits per heavy atom. The lowest BCUT2D eigenvalue weighted by Crippen LogP contribution is -2.41. The first kappa shape index (κ1) is 9.97. The number of aromatic nitrogens is 2. The fourth-order valence-electron chi connectivity index (χ4n) is 1.51. The van der Waals surface area contributed by atoms with Crippen molar-refractivity contribution in [3.05, 3.63) is 12.4 Å². The van der Waals surface area contributed by atoms with Crippen molar-refractivity contribution in [3.63, 3.8) is 0 Å². The van der Waals surface area contributed by atoms with Crippen molar-refractivity contribution < 1.29 is 9.53 Å². The van der Waals surface area contributed by atoms with Crippen LogP contribution in [0.1, 0.15) is 12.8 Å². The smallest absolute Gasteiger partial charge is 0.319 e. The fourth-order valence-corrected chi connectivity index (χ4v) is 1.51. The molecule has 2 rings (SSSR count). The number of urea groups is 1. The third-order valence-electron chi connectivity index (χ3n) is 2.31. The van der Waals surface area contributed by atoms with Gasteiger partial charge in [-0.15, -0.1) is 0 Å². The molecule has 0 saturated carbocycles. The highest BCUT2D eigenvalue weighted by atomic mass is 16.5. The van der Waals surface area contributed by atoms with Crippen LogP contribution in [0, 0.1) is 0 Å². The molecule has 1 aromatic rings. The van der Waals surface area contributed by atoms with Gasteiger partial charge in [-0.05, 0) is 12.8 Å². The van der Waals surface area contributed by atoms with E-state index in [1.165, 1.54) is 0 Å². The van der Waals surface area contributed by atoms with Crippen LogP contribution in [0.2, 0.25) is 0 Å². The predicted octanol–water partition coefficient (Wildman–Crippen LogP) is 0.710. The van der Waals surface area contributed by atoms with Gasteiger partial charge < -0.3 is 15.4 Å². The highest BCUT2D eigenvalue weighted by molar-refractivity contribution is 5.89. The number of carbonyl (C=O) groups excluding carboxylic acids is 1. The van der Waals surface area contributed by atoms with Crippen molar-refractivity contribution in [2.75, 3.05) is 18.5 Å². The topological polar surface area (TPSA) is 79.0 Å². The Morgan fingerprint density at radius 1 is 1.53 bits per heavy atom. The van der Waals surface area contributed by atoms with E-state index in [0.29, 0.717) is 5.69 Å². The van der Waals surface area contributed by atoms with Crippen LogP contribution in [0.5, 0.6) is 0 Å². The van der Waals surface area contributed by atoms with Gasteiger partial charge >= 0.3 is 6.03 Å². The van der Waals surface area contributed by atoms with E-state index in [1.807, 2.05) is 0 Å². The van der Waals surface area contributed by atoms with E-state index < -0.39 is 0 Å². The summed E-state index contributed by atoms with van der Waals surface area (Å²) in [4.78, 5) is 11.5. The second-order valence-corrected chi connectivity index (χ2v) is 3.47. The average Bonchev–Trinajstić information content (AvgIpc) is 2.71. The molecule has 0 aliphatic carbocycles. The second-order valence-electron chi connectivity index (χ2n) is 3.47. The number of rotatable bonds is 2. The molecule has 0 bridgehead atoms. The van der Waals surface area contributed by atoms with Crippen molar-refractivity contribution >= 4 is 11.7 Å². The lowest BCUT2D eigenvalue weighted by molar-refractivity contribution is 0.0806. The Bertz CT molecular complexity index is 306. The minimum atomic E-state index is -0.191. The summed E-state index contributed by atoms with van der Waals surface area (Å²) >= 11 is 0. The first-order valence-corrected chi connectivity index (χ1v) is 4.98. The Morgan fingerprint density at radius 2 is 2.33 bits per heavy atom. The number of nitrogens with one attached hydrogen (secondary N) is 3. The first-order chi connectivity index (χ1) is 7.34. The quantitative estimate of drug-likeness (QED) is 0.672. The van der Waals surface area contributed by atoms with E-state index in [-0.39, 0.29) is 12.1 Å². The average molecular weight is 210 g/mol. The molecular weight excluding hydrogens is 196 g/mol. The van der Waals surface area contributed by atoms with Gasteiger partial charge in [-0.2, -0.15) is 5.10 Å². The van der Waals surface area contributed by atoms with E-state index in [9.17, 15) is 4.79 Å². The summed E-state index contributed by atoms with van der Waals surface area (Å²) < 4.78 is 5.20. The number of amides is 2. The lowest BCUT2D eigenvalue weighted by Gasteiger charge is -2.22. The molecule has 2 heterocycles. The molecule has 1 aromatic heterocycles. The molecule has 1 saturated heterocycles. The van der Waals surface area contributed by atoms with Crippen molar-refractivity contribution in [2.45, 2.75) is 18.9 Å².